The van der Waals surface area contributed by atoms with Crippen molar-refractivity contribution in [3.05, 3.63) is 35.4 Å². The van der Waals surface area contributed by atoms with Crippen LogP contribution in [0.4, 0.5) is 8.78 Å². The number of carbonyl (C=O) groups excluding carboxylic acids is 1. The van der Waals surface area contributed by atoms with E-state index in [0.717, 1.165) is 6.07 Å². The van der Waals surface area contributed by atoms with Crippen LogP contribution in [0.1, 0.15) is 19.4 Å². The molecule has 0 saturated carbocycles. The molecule has 0 saturated heterocycles. The van der Waals surface area contributed by atoms with E-state index in [1.165, 1.54) is 12.1 Å². The summed E-state index contributed by atoms with van der Waals surface area (Å²) in [5, 5.41) is 5.58. The molecule has 0 aliphatic carbocycles. The molecule has 0 spiro atoms. The van der Waals surface area contributed by atoms with Gasteiger partial charge < -0.3 is 10.6 Å². The minimum Gasteiger partial charge on any atom is -0.355 e. The van der Waals surface area contributed by atoms with Gasteiger partial charge in [-0.05, 0) is 23.6 Å². The Kier molecular flexibility index (Phi) is 5.71. The fourth-order valence-electron chi connectivity index (χ4n) is 1.41. The Bertz CT molecular complexity index is 388. The smallest absolute Gasteiger partial charge is 0.233 e. The SMILES string of the molecule is CC(C)CNC(=O)CNCc1cc(F)cc(F)c1. The van der Waals surface area contributed by atoms with Gasteiger partial charge in [-0.3, -0.25) is 4.79 Å². The Balaban J connectivity index is 2.30. The molecular formula is C13H18F2N2O. The lowest BCUT2D eigenvalue weighted by Gasteiger charge is -2.08. The first-order chi connectivity index (χ1) is 8.47. The quantitative estimate of drug-likeness (QED) is 0.815. The van der Waals surface area contributed by atoms with Crippen LogP contribution in [0.5, 0.6) is 0 Å². The number of nitrogens with one attached hydrogen (secondary N) is 2. The highest BCUT2D eigenvalue weighted by molar-refractivity contribution is 5.77. The molecule has 5 heteroatoms. The van der Waals surface area contributed by atoms with Crippen LogP contribution >= 0.6 is 0 Å². The number of amides is 1. The minimum absolute atomic E-state index is 0.124. The number of hydrogen-bond acceptors (Lipinski definition) is 2. The average Bonchev–Trinajstić information content (AvgIpc) is 2.25. The number of rotatable bonds is 6. The predicted molar refractivity (Wildman–Crippen MR) is 65.9 cm³/mol. The zero-order valence-electron chi connectivity index (χ0n) is 10.6. The van der Waals surface area contributed by atoms with Crippen molar-refractivity contribution < 1.29 is 13.6 Å². The van der Waals surface area contributed by atoms with Gasteiger partial charge in [0.15, 0.2) is 0 Å². The zero-order valence-corrected chi connectivity index (χ0v) is 10.6. The van der Waals surface area contributed by atoms with Gasteiger partial charge in [-0.15, -0.1) is 0 Å². The Morgan fingerprint density at radius 2 is 1.83 bits per heavy atom. The summed E-state index contributed by atoms with van der Waals surface area (Å²) in [4.78, 5) is 11.3. The molecule has 0 radical (unpaired) electrons. The van der Waals surface area contributed by atoms with Gasteiger partial charge in [0.1, 0.15) is 11.6 Å². The third kappa shape index (κ3) is 5.72. The van der Waals surface area contributed by atoms with Crippen molar-refractivity contribution in [2.75, 3.05) is 13.1 Å². The maximum atomic E-state index is 12.9. The second-order valence-electron chi connectivity index (χ2n) is 4.58. The summed E-state index contributed by atoms with van der Waals surface area (Å²) in [6, 6.07) is 3.29. The Morgan fingerprint density at radius 3 is 2.39 bits per heavy atom. The molecule has 0 aromatic heterocycles. The van der Waals surface area contributed by atoms with E-state index in [0.29, 0.717) is 18.0 Å². The Morgan fingerprint density at radius 1 is 1.22 bits per heavy atom. The number of benzene rings is 1. The van der Waals surface area contributed by atoms with E-state index in [-0.39, 0.29) is 19.0 Å². The molecule has 1 amide bonds. The van der Waals surface area contributed by atoms with Gasteiger partial charge in [0.25, 0.3) is 0 Å². The molecule has 3 nitrogen and oxygen atoms in total. The van der Waals surface area contributed by atoms with Crippen molar-refractivity contribution in [1.29, 1.82) is 0 Å². The summed E-state index contributed by atoms with van der Waals surface area (Å²) in [7, 11) is 0. The second-order valence-corrected chi connectivity index (χ2v) is 4.58. The monoisotopic (exact) mass is 256 g/mol. The normalized spacial score (nSPS) is 10.7. The van der Waals surface area contributed by atoms with Crippen LogP contribution in [0.2, 0.25) is 0 Å². The number of halogens is 2. The van der Waals surface area contributed by atoms with Crippen LogP contribution < -0.4 is 10.6 Å². The van der Waals surface area contributed by atoms with Crippen molar-refractivity contribution >= 4 is 5.91 Å². The van der Waals surface area contributed by atoms with Gasteiger partial charge >= 0.3 is 0 Å². The lowest BCUT2D eigenvalue weighted by molar-refractivity contribution is -0.120. The van der Waals surface area contributed by atoms with Crippen LogP contribution in [0.15, 0.2) is 18.2 Å². The van der Waals surface area contributed by atoms with Crippen molar-refractivity contribution in [2.45, 2.75) is 20.4 Å². The average molecular weight is 256 g/mol. The second kappa shape index (κ2) is 7.06. The zero-order chi connectivity index (χ0) is 13.5. The molecule has 0 heterocycles. The standard InChI is InChI=1S/C13H18F2N2O/c1-9(2)6-17-13(18)8-16-7-10-3-11(14)5-12(15)4-10/h3-5,9,16H,6-8H2,1-2H3,(H,17,18). The summed E-state index contributed by atoms with van der Waals surface area (Å²) in [6.45, 7) is 5.01. The Labute approximate surface area is 106 Å². The highest BCUT2D eigenvalue weighted by Gasteiger charge is 2.03. The predicted octanol–water partition coefficient (Wildman–Crippen LogP) is 1.83. The fraction of sp³-hybridized carbons (Fsp3) is 0.462. The molecule has 0 unspecified atom stereocenters. The third-order valence-corrected chi connectivity index (χ3v) is 2.24. The molecule has 0 aliphatic rings. The Hall–Kier alpha value is -1.49. The first kappa shape index (κ1) is 14.6. The van der Waals surface area contributed by atoms with Crippen molar-refractivity contribution in [2.24, 2.45) is 5.92 Å². The maximum Gasteiger partial charge on any atom is 0.233 e. The molecule has 1 aromatic carbocycles. The van der Waals surface area contributed by atoms with Crippen LogP contribution in [-0.4, -0.2) is 19.0 Å². The molecule has 100 valence electrons. The molecule has 1 aromatic rings. The summed E-state index contributed by atoms with van der Waals surface area (Å²) >= 11 is 0. The van der Waals surface area contributed by atoms with Gasteiger partial charge in [0.05, 0.1) is 6.54 Å². The molecule has 0 bridgehead atoms. The van der Waals surface area contributed by atoms with Crippen LogP contribution in [-0.2, 0) is 11.3 Å². The number of carbonyl (C=O) groups is 1. The first-order valence-corrected chi connectivity index (χ1v) is 5.89. The van der Waals surface area contributed by atoms with Crippen molar-refractivity contribution in [3.63, 3.8) is 0 Å². The van der Waals surface area contributed by atoms with Crippen LogP contribution in [0.3, 0.4) is 0 Å². The molecule has 2 N–H and O–H groups in total. The van der Waals surface area contributed by atoms with E-state index in [4.69, 9.17) is 0 Å². The van der Waals surface area contributed by atoms with Gasteiger partial charge in [0, 0.05) is 19.2 Å². The first-order valence-electron chi connectivity index (χ1n) is 5.89. The fourth-order valence-corrected chi connectivity index (χ4v) is 1.41. The topological polar surface area (TPSA) is 41.1 Å². The van der Waals surface area contributed by atoms with E-state index < -0.39 is 11.6 Å². The van der Waals surface area contributed by atoms with Gasteiger partial charge in [-0.1, -0.05) is 13.8 Å². The van der Waals surface area contributed by atoms with Gasteiger partial charge in [-0.2, -0.15) is 0 Å². The van der Waals surface area contributed by atoms with Crippen LogP contribution in [0.25, 0.3) is 0 Å². The van der Waals surface area contributed by atoms with E-state index in [1.54, 1.807) is 0 Å². The highest BCUT2D eigenvalue weighted by Crippen LogP contribution is 2.07. The molecule has 18 heavy (non-hydrogen) atoms. The summed E-state index contributed by atoms with van der Waals surface area (Å²) in [5.74, 6) is -0.959. The maximum absolute atomic E-state index is 12.9. The summed E-state index contributed by atoms with van der Waals surface area (Å²) < 4.78 is 25.8. The molecule has 0 aliphatic heterocycles. The van der Waals surface area contributed by atoms with E-state index in [1.807, 2.05) is 13.8 Å². The summed E-state index contributed by atoms with van der Waals surface area (Å²) in [5.41, 5.74) is 0.476. The third-order valence-electron chi connectivity index (χ3n) is 2.24. The highest BCUT2D eigenvalue weighted by atomic mass is 19.1. The minimum atomic E-state index is -0.615. The van der Waals surface area contributed by atoms with E-state index in [9.17, 15) is 13.6 Å². The molecular weight excluding hydrogens is 238 g/mol. The van der Waals surface area contributed by atoms with Crippen molar-refractivity contribution in [1.82, 2.24) is 10.6 Å². The largest absolute Gasteiger partial charge is 0.355 e. The van der Waals surface area contributed by atoms with Gasteiger partial charge in [-0.25, -0.2) is 8.78 Å². The van der Waals surface area contributed by atoms with Crippen LogP contribution in [0, 0.1) is 17.6 Å². The molecule has 0 fully saturated rings. The van der Waals surface area contributed by atoms with E-state index >= 15 is 0 Å². The van der Waals surface area contributed by atoms with E-state index in [2.05, 4.69) is 10.6 Å². The van der Waals surface area contributed by atoms with Crippen molar-refractivity contribution in [3.8, 4) is 0 Å². The number of hydrogen-bond donors (Lipinski definition) is 2. The lowest BCUT2D eigenvalue weighted by atomic mass is 10.2. The molecule has 0 atom stereocenters. The van der Waals surface area contributed by atoms with Gasteiger partial charge in [0.2, 0.25) is 5.91 Å². The summed E-state index contributed by atoms with van der Waals surface area (Å²) in [6.07, 6.45) is 0. The molecule has 1 rings (SSSR count). The lowest BCUT2D eigenvalue weighted by Crippen LogP contribution is -2.35.